The minimum absolute atomic E-state index is 0.251. The number of hydrogen-bond acceptors (Lipinski definition) is 5. The van der Waals surface area contributed by atoms with Gasteiger partial charge >= 0.3 is 0 Å². The number of benzene rings is 2. The van der Waals surface area contributed by atoms with E-state index in [-0.39, 0.29) is 5.91 Å². The number of para-hydroxylation sites is 2. The van der Waals surface area contributed by atoms with Crippen LogP contribution in [0, 0.1) is 0 Å². The third-order valence-electron chi connectivity index (χ3n) is 3.98. The number of carbonyl (C=O) groups excluding carboxylic acids is 1. The van der Waals surface area contributed by atoms with E-state index in [2.05, 4.69) is 15.3 Å². The zero-order chi connectivity index (χ0) is 18.6. The molecule has 0 saturated carbocycles. The lowest BCUT2D eigenvalue weighted by Crippen LogP contribution is -2.14. The summed E-state index contributed by atoms with van der Waals surface area (Å²) in [5.74, 6) is 0.791. The number of amides is 1. The number of pyridine rings is 1. The Kier molecular flexibility index (Phi) is 4.80. The first kappa shape index (κ1) is 17.2. The van der Waals surface area contributed by atoms with Crippen LogP contribution in [0.1, 0.15) is 17.3 Å². The molecule has 6 heteroatoms. The molecule has 2 aromatic carbocycles. The summed E-state index contributed by atoms with van der Waals surface area (Å²) in [4.78, 5) is 21.5. The molecule has 1 amide bonds. The summed E-state index contributed by atoms with van der Waals surface area (Å²) in [6.07, 6.45) is 1.72. The van der Waals surface area contributed by atoms with Gasteiger partial charge in [-0.1, -0.05) is 24.3 Å². The van der Waals surface area contributed by atoms with Gasteiger partial charge in [-0.2, -0.15) is 0 Å². The van der Waals surface area contributed by atoms with Gasteiger partial charge < -0.3 is 10.1 Å². The maximum Gasteiger partial charge on any atom is 0.260 e. The van der Waals surface area contributed by atoms with E-state index < -0.39 is 0 Å². The van der Waals surface area contributed by atoms with E-state index in [4.69, 9.17) is 4.74 Å². The molecule has 0 saturated heterocycles. The smallest absolute Gasteiger partial charge is 0.260 e. The SMILES string of the molecule is CCOc1ccccc1C(=O)Nc1ccc(-c2nc3ccccc3s2)cn1. The Morgan fingerprint density at radius 2 is 1.89 bits per heavy atom. The van der Waals surface area contributed by atoms with E-state index in [0.717, 1.165) is 20.8 Å². The minimum Gasteiger partial charge on any atom is -0.493 e. The molecule has 2 heterocycles. The van der Waals surface area contributed by atoms with Gasteiger partial charge in [0.05, 0.1) is 22.4 Å². The molecule has 0 aliphatic carbocycles. The molecule has 0 bridgehead atoms. The average molecular weight is 375 g/mol. The summed E-state index contributed by atoms with van der Waals surface area (Å²) in [6.45, 7) is 2.39. The summed E-state index contributed by atoms with van der Waals surface area (Å²) in [5, 5.41) is 3.72. The van der Waals surface area contributed by atoms with Crippen LogP contribution >= 0.6 is 11.3 Å². The first-order valence-corrected chi connectivity index (χ1v) is 9.41. The van der Waals surface area contributed by atoms with E-state index in [1.165, 1.54) is 0 Å². The van der Waals surface area contributed by atoms with Gasteiger partial charge in [0.2, 0.25) is 0 Å². The van der Waals surface area contributed by atoms with Crippen molar-refractivity contribution in [3.63, 3.8) is 0 Å². The van der Waals surface area contributed by atoms with Gasteiger partial charge in [0.25, 0.3) is 5.91 Å². The summed E-state index contributed by atoms with van der Waals surface area (Å²) >= 11 is 1.62. The Labute approximate surface area is 160 Å². The Morgan fingerprint density at radius 3 is 2.67 bits per heavy atom. The van der Waals surface area contributed by atoms with Crippen molar-refractivity contribution in [2.75, 3.05) is 11.9 Å². The molecule has 2 aromatic heterocycles. The van der Waals surface area contributed by atoms with Crippen LogP contribution < -0.4 is 10.1 Å². The number of aromatic nitrogens is 2. The first-order valence-electron chi connectivity index (χ1n) is 8.60. The Morgan fingerprint density at radius 1 is 1.07 bits per heavy atom. The van der Waals surface area contributed by atoms with Crippen molar-refractivity contribution in [2.45, 2.75) is 6.92 Å². The highest BCUT2D eigenvalue weighted by molar-refractivity contribution is 7.21. The van der Waals surface area contributed by atoms with Gasteiger partial charge in [0.1, 0.15) is 16.6 Å². The van der Waals surface area contributed by atoms with Gasteiger partial charge in [-0.3, -0.25) is 4.79 Å². The van der Waals surface area contributed by atoms with Crippen LogP contribution in [0.15, 0.2) is 66.9 Å². The molecule has 5 nitrogen and oxygen atoms in total. The fourth-order valence-corrected chi connectivity index (χ4v) is 3.67. The molecule has 1 N–H and O–H groups in total. The van der Waals surface area contributed by atoms with Crippen LogP contribution in [0.25, 0.3) is 20.8 Å². The third kappa shape index (κ3) is 3.66. The van der Waals surface area contributed by atoms with E-state index in [0.29, 0.717) is 23.7 Å². The second-order valence-electron chi connectivity index (χ2n) is 5.80. The van der Waals surface area contributed by atoms with Gasteiger partial charge in [-0.05, 0) is 43.3 Å². The summed E-state index contributed by atoms with van der Waals surface area (Å²) in [5.41, 5.74) is 2.38. The van der Waals surface area contributed by atoms with Crippen molar-refractivity contribution < 1.29 is 9.53 Å². The van der Waals surface area contributed by atoms with E-state index in [9.17, 15) is 4.79 Å². The number of anilines is 1. The van der Waals surface area contributed by atoms with E-state index >= 15 is 0 Å². The van der Waals surface area contributed by atoms with E-state index in [1.54, 1.807) is 41.8 Å². The number of rotatable bonds is 5. The molecule has 4 aromatic rings. The number of carbonyl (C=O) groups is 1. The number of nitrogens with one attached hydrogen (secondary N) is 1. The molecule has 134 valence electrons. The normalized spacial score (nSPS) is 10.7. The molecule has 0 radical (unpaired) electrons. The van der Waals surface area contributed by atoms with Crippen molar-refractivity contribution in [1.29, 1.82) is 0 Å². The number of fused-ring (bicyclic) bond motifs is 1. The minimum atomic E-state index is -0.251. The zero-order valence-corrected chi connectivity index (χ0v) is 15.5. The second-order valence-corrected chi connectivity index (χ2v) is 6.83. The second kappa shape index (κ2) is 7.55. The maximum atomic E-state index is 12.5. The average Bonchev–Trinajstić information content (AvgIpc) is 3.13. The molecule has 0 fully saturated rings. The zero-order valence-electron chi connectivity index (χ0n) is 14.7. The highest BCUT2D eigenvalue weighted by atomic mass is 32.1. The standard InChI is InChI=1S/C21H17N3O2S/c1-2-26-17-9-5-3-7-15(17)20(25)24-19-12-11-14(13-22-19)21-23-16-8-4-6-10-18(16)27-21/h3-13H,2H2,1H3,(H,22,24,25). The highest BCUT2D eigenvalue weighted by Crippen LogP contribution is 2.30. The topological polar surface area (TPSA) is 64.1 Å². The maximum absolute atomic E-state index is 12.5. The van der Waals surface area contributed by atoms with Crippen molar-refractivity contribution in [2.24, 2.45) is 0 Å². The quantitative estimate of drug-likeness (QED) is 0.533. The number of hydrogen-bond donors (Lipinski definition) is 1. The molecule has 4 rings (SSSR count). The molecular formula is C21H17N3O2S. The first-order chi connectivity index (χ1) is 13.2. The van der Waals surface area contributed by atoms with Crippen molar-refractivity contribution in [3.05, 3.63) is 72.4 Å². The Bertz CT molecular complexity index is 1060. The fourth-order valence-electron chi connectivity index (χ4n) is 2.71. The molecular weight excluding hydrogens is 358 g/mol. The molecule has 0 spiro atoms. The highest BCUT2D eigenvalue weighted by Gasteiger charge is 2.13. The lowest BCUT2D eigenvalue weighted by atomic mass is 10.2. The van der Waals surface area contributed by atoms with Crippen LogP contribution in [0.4, 0.5) is 5.82 Å². The van der Waals surface area contributed by atoms with Crippen LogP contribution in [0.3, 0.4) is 0 Å². The Hall–Kier alpha value is -3.25. The fraction of sp³-hybridized carbons (Fsp3) is 0.0952. The Balaban J connectivity index is 1.53. The molecule has 0 atom stereocenters. The molecule has 0 aliphatic heterocycles. The molecule has 0 unspecified atom stereocenters. The summed E-state index contributed by atoms with van der Waals surface area (Å²) in [7, 11) is 0. The third-order valence-corrected chi connectivity index (χ3v) is 5.06. The lowest BCUT2D eigenvalue weighted by molar-refractivity contribution is 0.102. The van der Waals surface area contributed by atoms with Crippen molar-refractivity contribution >= 4 is 33.3 Å². The lowest BCUT2D eigenvalue weighted by Gasteiger charge is -2.10. The van der Waals surface area contributed by atoms with Crippen LogP contribution in [0.2, 0.25) is 0 Å². The summed E-state index contributed by atoms with van der Waals surface area (Å²) < 4.78 is 6.65. The predicted octanol–water partition coefficient (Wildman–Crippen LogP) is 5.01. The summed E-state index contributed by atoms with van der Waals surface area (Å²) in [6, 6.07) is 18.9. The number of ether oxygens (including phenoxy) is 1. The molecule has 27 heavy (non-hydrogen) atoms. The van der Waals surface area contributed by atoms with Crippen molar-refractivity contribution in [1.82, 2.24) is 9.97 Å². The number of nitrogens with zero attached hydrogens (tertiary/aromatic N) is 2. The van der Waals surface area contributed by atoms with Gasteiger partial charge in [-0.15, -0.1) is 11.3 Å². The van der Waals surface area contributed by atoms with Gasteiger partial charge in [0.15, 0.2) is 0 Å². The van der Waals surface area contributed by atoms with Crippen LogP contribution in [-0.2, 0) is 0 Å². The number of thiazole rings is 1. The van der Waals surface area contributed by atoms with Gasteiger partial charge in [0, 0.05) is 11.8 Å². The van der Waals surface area contributed by atoms with Gasteiger partial charge in [-0.25, -0.2) is 9.97 Å². The van der Waals surface area contributed by atoms with Crippen molar-refractivity contribution in [3.8, 4) is 16.3 Å². The molecule has 0 aliphatic rings. The monoisotopic (exact) mass is 375 g/mol. The van der Waals surface area contributed by atoms with E-state index in [1.807, 2.05) is 43.3 Å². The van der Waals surface area contributed by atoms with Crippen LogP contribution in [-0.4, -0.2) is 22.5 Å². The largest absolute Gasteiger partial charge is 0.493 e. The van der Waals surface area contributed by atoms with Crippen LogP contribution in [0.5, 0.6) is 5.75 Å². The predicted molar refractivity (Wildman–Crippen MR) is 108 cm³/mol.